The van der Waals surface area contributed by atoms with Gasteiger partial charge in [-0.25, -0.2) is 0 Å². The van der Waals surface area contributed by atoms with Crippen LogP contribution in [0.15, 0.2) is 78.0 Å². The van der Waals surface area contributed by atoms with E-state index >= 15 is 0 Å². The van der Waals surface area contributed by atoms with Crippen LogP contribution in [0.25, 0.3) is 55.6 Å². The van der Waals surface area contributed by atoms with Gasteiger partial charge < -0.3 is 14.1 Å². The summed E-state index contributed by atoms with van der Waals surface area (Å²) in [5.41, 5.74) is 7.65. The maximum Gasteiger partial charge on any atom is 0.138 e. The Kier molecular flexibility index (Phi) is 5.05. The summed E-state index contributed by atoms with van der Waals surface area (Å²) in [6.07, 6.45) is 15.2. The van der Waals surface area contributed by atoms with Crippen LogP contribution >= 0.6 is 0 Å². The molecule has 2 N–H and O–H groups in total. The third-order valence-corrected chi connectivity index (χ3v) is 7.06. The van der Waals surface area contributed by atoms with Gasteiger partial charge in [0.05, 0.1) is 47.9 Å². The second-order valence-corrected chi connectivity index (χ2v) is 9.44. The number of nitrogens with zero attached hydrogens (tertiary/aromatic N) is 3. The zero-order valence-electron chi connectivity index (χ0n) is 19.7. The highest BCUT2D eigenvalue weighted by Crippen LogP contribution is 2.35. The quantitative estimate of drug-likeness (QED) is 0.276. The Morgan fingerprint density at radius 1 is 0.889 bits per heavy atom. The Hall–Kier alpha value is -4.39. The fourth-order valence-corrected chi connectivity index (χ4v) is 5.23. The number of H-pyrrole nitrogens is 2. The van der Waals surface area contributed by atoms with Crippen LogP contribution < -0.4 is 4.74 Å². The number of nitrogens with one attached hydrogen (secondary N) is 2. The number of aromatic nitrogens is 5. The summed E-state index contributed by atoms with van der Waals surface area (Å²) in [6.45, 7) is 0. The molecule has 1 fully saturated rings. The Morgan fingerprint density at radius 2 is 1.83 bits per heavy atom. The molecular formula is C29H25N5O2. The highest BCUT2D eigenvalue weighted by atomic mass is 16.5. The molecule has 0 aliphatic heterocycles. The summed E-state index contributed by atoms with van der Waals surface area (Å²) < 4.78 is 11.6. The van der Waals surface area contributed by atoms with E-state index in [1.165, 1.54) is 19.3 Å². The van der Waals surface area contributed by atoms with Crippen LogP contribution in [0.3, 0.4) is 0 Å². The van der Waals surface area contributed by atoms with Gasteiger partial charge in [0.1, 0.15) is 11.4 Å². The predicted molar refractivity (Wildman–Crippen MR) is 140 cm³/mol. The lowest BCUT2D eigenvalue weighted by molar-refractivity contribution is 0.154. The zero-order valence-corrected chi connectivity index (χ0v) is 19.7. The van der Waals surface area contributed by atoms with Crippen LogP contribution in [0.5, 0.6) is 5.75 Å². The van der Waals surface area contributed by atoms with E-state index in [2.05, 4.69) is 49.4 Å². The van der Waals surface area contributed by atoms with Crippen molar-refractivity contribution in [2.45, 2.75) is 38.2 Å². The average Bonchev–Trinajstić information content (AvgIpc) is 3.68. The molecule has 5 heterocycles. The van der Waals surface area contributed by atoms with Crippen molar-refractivity contribution < 1.29 is 9.15 Å². The molecule has 0 radical (unpaired) electrons. The third kappa shape index (κ3) is 3.73. The molecule has 5 aromatic heterocycles. The minimum absolute atomic E-state index is 0.278. The monoisotopic (exact) mass is 475 g/mol. The topological polar surface area (TPSA) is 92.6 Å². The first-order valence-corrected chi connectivity index (χ1v) is 12.4. The van der Waals surface area contributed by atoms with E-state index in [9.17, 15) is 0 Å². The van der Waals surface area contributed by atoms with E-state index in [1.54, 1.807) is 18.7 Å². The van der Waals surface area contributed by atoms with E-state index in [-0.39, 0.29) is 6.10 Å². The van der Waals surface area contributed by atoms with Gasteiger partial charge in [0.15, 0.2) is 0 Å². The molecule has 1 aliphatic rings. The van der Waals surface area contributed by atoms with Crippen molar-refractivity contribution in [2.24, 2.45) is 0 Å². The number of furan rings is 1. The van der Waals surface area contributed by atoms with E-state index in [0.717, 1.165) is 74.2 Å². The largest absolute Gasteiger partial charge is 0.489 e. The highest BCUT2D eigenvalue weighted by molar-refractivity contribution is 6.01. The average molecular weight is 476 g/mol. The third-order valence-electron chi connectivity index (χ3n) is 7.06. The molecule has 1 aliphatic carbocycles. The van der Waals surface area contributed by atoms with Gasteiger partial charge in [-0.15, -0.1) is 0 Å². The molecule has 178 valence electrons. The molecule has 6 aromatic rings. The molecule has 1 saturated carbocycles. The number of fused-ring (bicyclic) bond motifs is 2. The van der Waals surface area contributed by atoms with Crippen molar-refractivity contribution in [1.29, 1.82) is 0 Å². The minimum atomic E-state index is 0.278. The number of benzene rings is 1. The van der Waals surface area contributed by atoms with E-state index < -0.39 is 0 Å². The van der Waals surface area contributed by atoms with Crippen molar-refractivity contribution >= 4 is 21.8 Å². The Labute approximate surface area is 207 Å². The normalized spacial score (nSPS) is 14.6. The van der Waals surface area contributed by atoms with E-state index in [1.807, 2.05) is 30.6 Å². The highest BCUT2D eigenvalue weighted by Gasteiger charge is 2.17. The van der Waals surface area contributed by atoms with Crippen molar-refractivity contribution in [3.05, 3.63) is 73.6 Å². The first-order valence-electron chi connectivity index (χ1n) is 12.4. The predicted octanol–water partition coefficient (Wildman–Crippen LogP) is 7.14. The molecule has 0 saturated heterocycles. The lowest BCUT2D eigenvalue weighted by atomic mass is 9.98. The van der Waals surface area contributed by atoms with Crippen LogP contribution in [0.2, 0.25) is 0 Å². The first kappa shape index (κ1) is 20.9. The minimum Gasteiger partial charge on any atom is -0.489 e. The van der Waals surface area contributed by atoms with Gasteiger partial charge in [-0.05, 0) is 61.6 Å². The molecule has 0 amide bonds. The van der Waals surface area contributed by atoms with Crippen molar-refractivity contribution in [3.8, 4) is 39.5 Å². The summed E-state index contributed by atoms with van der Waals surface area (Å²) in [5, 5.41) is 9.87. The lowest BCUT2D eigenvalue weighted by Crippen LogP contribution is -2.19. The molecule has 7 nitrogen and oxygen atoms in total. The summed E-state index contributed by atoms with van der Waals surface area (Å²) in [7, 11) is 0. The van der Waals surface area contributed by atoms with Gasteiger partial charge in [0, 0.05) is 33.6 Å². The van der Waals surface area contributed by atoms with Crippen LogP contribution in [-0.4, -0.2) is 31.3 Å². The first-order chi connectivity index (χ1) is 17.8. The summed E-state index contributed by atoms with van der Waals surface area (Å²) in [4.78, 5) is 12.7. The van der Waals surface area contributed by atoms with Gasteiger partial charge in [-0.2, -0.15) is 5.10 Å². The van der Waals surface area contributed by atoms with Gasteiger partial charge in [-0.1, -0.05) is 18.6 Å². The number of pyridine rings is 2. The standard InChI is InChI=1S/C29H25N5O2/c1-2-5-20(6-3-1)36-21-11-19(14-30-15-21)26-13-24-28(16-31-26)33-34-29(24)27-12-23-22(18-9-10-35-17-18)7-4-8-25(23)32-27/h4,7-17,20,32H,1-3,5-6H2,(H,33,34). The van der Waals surface area contributed by atoms with Crippen LogP contribution in [0.1, 0.15) is 32.1 Å². The van der Waals surface area contributed by atoms with Crippen molar-refractivity contribution in [3.63, 3.8) is 0 Å². The van der Waals surface area contributed by atoms with Gasteiger partial charge in [0.2, 0.25) is 0 Å². The molecular weight excluding hydrogens is 450 g/mol. The summed E-state index contributed by atoms with van der Waals surface area (Å²) in [5.74, 6) is 0.802. The zero-order chi connectivity index (χ0) is 23.9. The Morgan fingerprint density at radius 3 is 2.72 bits per heavy atom. The van der Waals surface area contributed by atoms with E-state index in [4.69, 9.17) is 9.15 Å². The molecule has 1 aromatic carbocycles. The van der Waals surface area contributed by atoms with Crippen molar-refractivity contribution in [1.82, 2.24) is 25.1 Å². The molecule has 0 unspecified atom stereocenters. The summed E-state index contributed by atoms with van der Waals surface area (Å²) >= 11 is 0. The van der Waals surface area contributed by atoms with Gasteiger partial charge in [-0.3, -0.25) is 15.1 Å². The molecule has 0 spiro atoms. The maximum absolute atomic E-state index is 6.24. The maximum atomic E-state index is 6.24. The molecule has 0 bridgehead atoms. The number of hydrogen-bond donors (Lipinski definition) is 2. The number of rotatable bonds is 5. The molecule has 0 atom stereocenters. The van der Waals surface area contributed by atoms with Gasteiger partial charge >= 0.3 is 0 Å². The fraction of sp³-hybridized carbons (Fsp3) is 0.207. The summed E-state index contributed by atoms with van der Waals surface area (Å²) in [6, 6.07) is 14.5. The molecule has 7 rings (SSSR count). The second-order valence-electron chi connectivity index (χ2n) is 9.44. The smallest absolute Gasteiger partial charge is 0.138 e. The van der Waals surface area contributed by atoms with Crippen molar-refractivity contribution in [2.75, 3.05) is 0 Å². The van der Waals surface area contributed by atoms with Crippen LogP contribution in [-0.2, 0) is 0 Å². The lowest BCUT2D eigenvalue weighted by Gasteiger charge is -2.22. The Balaban J connectivity index is 1.26. The van der Waals surface area contributed by atoms with Crippen LogP contribution in [0, 0.1) is 0 Å². The number of aromatic amines is 2. The number of hydrogen-bond acceptors (Lipinski definition) is 5. The van der Waals surface area contributed by atoms with E-state index in [0.29, 0.717) is 0 Å². The Bertz CT molecular complexity index is 1660. The fourth-order valence-electron chi connectivity index (χ4n) is 5.23. The van der Waals surface area contributed by atoms with Crippen LogP contribution in [0.4, 0.5) is 0 Å². The molecule has 36 heavy (non-hydrogen) atoms. The molecule has 7 heteroatoms. The second kappa shape index (κ2) is 8.68. The number of ether oxygens (including phenoxy) is 1. The van der Waals surface area contributed by atoms with Gasteiger partial charge in [0.25, 0.3) is 0 Å². The SMILES string of the molecule is c1cc(-c2ccoc2)c2cc(-c3n[nH]c4cnc(-c5cncc(OC6CCCCC6)c5)cc34)[nH]c2c1.